The SMILES string of the molecule is COC/C=C\Sc1ccccc1. The Kier molecular flexibility index (Phi) is 4.57. The Morgan fingerprint density at radius 2 is 2.08 bits per heavy atom. The molecule has 1 nitrogen and oxygen atoms in total. The summed E-state index contributed by atoms with van der Waals surface area (Å²) in [4.78, 5) is 1.25. The molecule has 0 saturated heterocycles. The van der Waals surface area contributed by atoms with E-state index in [9.17, 15) is 0 Å². The molecule has 0 amide bonds. The lowest BCUT2D eigenvalue weighted by Crippen LogP contribution is -1.78. The second kappa shape index (κ2) is 5.86. The summed E-state index contributed by atoms with van der Waals surface area (Å²) in [6.07, 6.45) is 2.00. The first-order valence-corrected chi connectivity index (χ1v) is 4.67. The lowest BCUT2D eigenvalue weighted by atomic mass is 10.4. The van der Waals surface area contributed by atoms with Crippen LogP contribution < -0.4 is 0 Å². The molecule has 0 radical (unpaired) electrons. The van der Waals surface area contributed by atoms with Crippen LogP contribution >= 0.6 is 11.8 Å². The fourth-order valence-electron chi connectivity index (χ4n) is 0.761. The molecule has 0 unspecified atom stereocenters. The molecule has 12 heavy (non-hydrogen) atoms. The van der Waals surface area contributed by atoms with Crippen molar-refractivity contribution in [3.05, 3.63) is 41.8 Å². The van der Waals surface area contributed by atoms with E-state index in [-0.39, 0.29) is 0 Å². The highest BCUT2D eigenvalue weighted by Crippen LogP contribution is 2.17. The van der Waals surface area contributed by atoms with E-state index in [0.29, 0.717) is 6.61 Å². The van der Waals surface area contributed by atoms with Crippen LogP contribution in [0.5, 0.6) is 0 Å². The van der Waals surface area contributed by atoms with Crippen LogP contribution in [0.1, 0.15) is 0 Å². The second-order valence-corrected chi connectivity index (χ2v) is 3.24. The van der Waals surface area contributed by atoms with Crippen LogP contribution in [-0.2, 0) is 4.74 Å². The number of benzene rings is 1. The van der Waals surface area contributed by atoms with Crippen LogP contribution in [0.3, 0.4) is 0 Å². The van der Waals surface area contributed by atoms with Crippen LogP contribution in [0, 0.1) is 0 Å². The molecule has 0 aromatic heterocycles. The lowest BCUT2D eigenvalue weighted by Gasteiger charge is -1.93. The summed E-state index contributed by atoms with van der Waals surface area (Å²) in [5, 5.41) is 2.04. The maximum absolute atomic E-state index is 4.88. The average molecular weight is 180 g/mol. The van der Waals surface area contributed by atoms with Gasteiger partial charge in [0.2, 0.25) is 0 Å². The topological polar surface area (TPSA) is 9.23 Å². The number of ether oxygens (including phenoxy) is 1. The monoisotopic (exact) mass is 180 g/mol. The first-order chi connectivity index (χ1) is 5.93. The molecule has 0 N–H and O–H groups in total. The van der Waals surface area contributed by atoms with Crippen molar-refractivity contribution in [1.29, 1.82) is 0 Å². The van der Waals surface area contributed by atoms with Gasteiger partial charge in [0.05, 0.1) is 6.61 Å². The minimum Gasteiger partial charge on any atom is -0.381 e. The highest BCUT2D eigenvalue weighted by molar-refractivity contribution is 8.02. The smallest absolute Gasteiger partial charge is 0.0651 e. The largest absolute Gasteiger partial charge is 0.381 e. The fourth-order valence-corrected chi connectivity index (χ4v) is 1.41. The Labute approximate surface area is 77.4 Å². The number of rotatable bonds is 4. The first kappa shape index (κ1) is 9.36. The van der Waals surface area contributed by atoms with E-state index in [4.69, 9.17) is 4.74 Å². The van der Waals surface area contributed by atoms with Crippen LogP contribution in [0.25, 0.3) is 0 Å². The Balaban J connectivity index is 2.33. The number of thioether (sulfide) groups is 1. The van der Waals surface area contributed by atoms with Gasteiger partial charge in [-0.2, -0.15) is 0 Å². The Morgan fingerprint density at radius 1 is 1.33 bits per heavy atom. The van der Waals surface area contributed by atoms with Crippen molar-refractivity contribution in [3.63, 3.8) is 0 Å². The highest BCUT2D eigenvalue weighted by atomic mass is 32.2. The molecule has 0 bridgehead atoms. The van der Waals surface area contributed by atoms with Gasteiger partial charge in [-0.3, -0.25) is 0 Å². The van der Waals surface area contributed by atoms with Crippen molar-refractivity contribution in [3.8, 4) is 0 Å². The molecule has 0 aliphatic carbocycles. The molecule has 64 valence electrons. The maximum Gasteiger partial charge on any atom is 0.0651 e. The van der Waals surface area contributed by atoms with Crippen molar-refractivity contribution >= 4 is 11.8 Å². The van der Waals surface area contributed by atoms with Gasteiger partial charge >= 0.3 is 0 Å². The van der Waals surface area contributed by atoms with Crippen molar-refractivity contribution in [1.82, 2.24) is 0 Å². The van der Waals surface area contributed by atoms with Gasteiger partial charge in [-0.1, -0.05) is 36.0 Å². The van der Waals surface area contributed by atoms with Gasteiger partial charge in [0.1, 0.15) is 0 Å². The third-order valence-electron chi connectivity index (χ3n) is 1.31. The summed E-state index contributed by atoms with van der Waals surface area (Å²) in [5.41, 5.74) is 0. The Morgan fingerprint density at radius 3 is 2.75 bits per heavy atom. The van der Waals surface area contributed by atoms with Gasteiger partial charge in [-0.15, -0.1) is 0 Å². The van der Waals surface area contributed by atoms with Crippen molar-refractivity contribution in [2.45, 2.75) is 4.90 Å². The van der Waals surface area contributed by atoms with Crippen molar-refractivity contribution in [2.75, 3.05) is 13.7 Å². The summed E-state index contributed by atoms with van der Waals surface area (Å²) in [7, 11) is 1.69. The van der Waals surface area contributed by atoms with Gasteiger partial charge < -0.3 is 4.74 Å². The number of hydrogen-bond donors (Lipinski definition) is 0. The molecule has 1 rings (SSSR count). The Bertz CT molecular complexity index is 231. The molecular formula is C10H12OS. The summed E-state index contributed by atoms with van der Waals surface area (Å²) in [6.45, 7) is 0.680. The summed E-state index contributed by atoms with van der Waals surface area (Å²) < 4.78 is 4.88. The van der Waals surface area contributed by atoms with E-state index in [1.54, 1.807) is 18.9 Å². The molecule has 0 spiro atoms. The molecular weight excluding hydrogens is 168 g/mol. The van der Waals surface area contributed by atoms with Gasteiger partial charge in [-0.05, 0) is 17.5 Å². The Hall–Kier alpha value is -0.730. The average Bonchev–Trinajstić information content (AvgIpc) is 2.14. The predicted molar refractivity (Wildman–Crippen MR) is 53.3 cm³/mol. The van der Waals surface area contributed by atoms with Gasteiger partial charge in [0.15, 0.2) is 0 Å². The molecule has 0 aliphatic heterocycles. The normalized spacial score (nSPS) is 10.8. The molecule has 1 aromatic carbocycles. The summed E-state index contributed by atoms with van der Waals surface area (Å²) in [5.74, 6) is 0. The van der Waals surface area contributed by atoms with E-state index < -0.39 is 0 Å². The third-order valence-corrected chi connectivity index (χ3v) is 2.18. The van der Waals surface area contributed by atoms with E-state index in [1.165, 1.54) is 4.90 Å². The van der Waals surface area contributed by atoms with Gasteiger partial charge in [-0.25, -0.2) is 0 Å². The van der Waals surface area contributed by atoms with E-state index >= 15 is 0 Å². The quantitative estimate of drug-likeness (QED) is 0.659. The molecule has 0 fully saturated rings. The standard InChI is InChI=1S/C10H12OS/c1-11-8-5-9-12-10-6-3-2-4-7-10/h2-7,9H,8H2,1H3/b9-5-. The molecule has 0 heterocycles. The third kappa shape index (κ3) is 3.60. The van der Waals surface area contributed by atoms with Crippen LogP contribution in [0.2, 0.25) is 0 Å². The van der Waals surface area contributed by atoms with Gasteiger partial charge in [0.25, 0.3) is 0 Å². The minimum absolute atomic E-state index is 0.680. The minimum atomic E-state index is 0.680. The molecule has 0 aliphatic rings. The van der Waals surface area contributed by atoms with Crippen LogP contribution in [-0.4, -0.2) is 13.7 Å². The van der Waals surface area contributed by atoms with Gasteiger partial charge in [0, 0.05) is 12.0 Å². The van der Waals surface area contributed by atoms with Crippen LogP contribution in [0.15, 0.2) is 46.7 Å². The van der Waals surface area contributed by atoms with Crippen molar-refractivity contribution in [2.24, 2.45) is 0 Å². The second-order valence-electron chi connectivity index (χ2n) is 2.26. The zero-order chi connectivity index (χ0) is 8.65. The zero-order valence-corrected chi connectivity index (χ0v) is 7.88. The van der Waals surface area contributed by atoms with Crippen molar-refractivity contribution < 1.29 is 4.74 Å². The fraction of sp³-hybridized carbons (Fsp3) is 0.200. The molecule has 1 aromatic rings. The predicted octanol–water partition coefficient (Wildman–Crippen LogP) is 2.94. The first-order valence-electron chi connectivity index (χ1n) is 3.79. The maximum atomic E-state index is 4.88. The highest BCUT2D eigenvalue weighted by Gasteiger charge is 1.84. The summed E-state index contributed by atoms with van der Waals surface area (Å²) >= 11 is 1.70. The lowest BCUT2D eigenvalue weighted by molar-refractivity contribution is 0.234. The molecule has 2 heteroatoms. The molecule has 0 atom stereocenters. The van der Waals surface area contributed by atoms with E-state index in [2.05, 4.69) is 12.1 Å². The molecule has 0 saturated carbocycles. The zero-order valence-electron chi connectivity index (χ0n) is 7.07. The van der Waals surface area contributed by atoms with E-state index in [0.717, 1.165) is 0 Å². The van der Waals surface area contributed by atoms with Crippen LogP contribution in [0.4, 0.5) is 0 Å². The summed E-state index contributed by atoms with van der Waals surface area (Å²) in [6, 6.07) is 10.3. The number of methoxy groups -OCH3 is 1. The number of hydrogen-bond acceptors (Lipinski definition) is 2. The van der Waals surface area contributed by atoms with E-state index in [1.807, 2.05) is 29.7 Å².